The number of ether oxygens (including phenoxy) is 1. The Hall–Kier alpha value is -2.45. The predicted molar refractivity (Wildman–Crippen MR) is 111 cm³/mol. The van der Waals surface area contributed by atoms with Crippen LogP contribution < -0.4 is 10.6 Å². The Morgan fingerprint density at radius 2 is 1.93 bits per heavy atom. The number of aromatic nitrogens is 2. The van der Waals surface area contributed by atoms with E-state index in [0.29, 0.717) is 25.2 Å². The molecule has 1 aliphatic heterocycles. The Morgan fingerprint density at radius 3 is 2.76 bits per heavy atom. The van der Waals surface area contributed by atoms with Crippen LogP contribution in [0.15, 0.2) is 24.4 Å². The van der Waals surface area contributed by atoms with E-state index in [1.54, 1.807) is 0 Å². The molecule has 1 aliphatic rings. The highest BCUT2D eigenvalue weighted by Crippen LogP contribution is 2.11. The molecule has 3 rings (SSSR count). The maximum atomic E-state index is 12.5. The van der Waals surface area contributed by atoms with Crippen LogP contribution in [-0.4, -0.2) is 72.0 Å². The standard InChI is InChI=1S/C21H31N5O3/c1-17-20(26-11-6-4-7-18(26)24-17)21(28)23-9-5-2-3-8-19(27)22-10-12-25-13-15-29-16-14-25/h4,6-7,11H,2-3,5,8-10,12-16H2,1H3,(H,22,27)(H,23,28). The largest absolute Gasteiger partial charge is 0.379 e. The third-order valence-electron chi connectivity index (χ3n) is 5.14. The number of amides is 2. The summed E-state index contributed by atoms with van der Waals surface area (Å²) < 4.78 is 7.12. The number of nitrogens with one attached hydrogen (secondary N) is 2. The number of carbonyl (C=O) groups excluding carboxylic acids is 2. The van der Waals surface area contributed by atoms with E-state index in [9.17, 15) is 9.59 Å². The number of nitrogens with zero attached hydrogens (tertiary/aromatic N) is 3. The normalized spacial score (nSPS) is 14.8. The summed E-state index contributed by atoms with van der Waals surface area (Å²) >= 11 is 0. The van der Waals surface area contributed by atoms with Gasteiger partial charge in [0, 0.05) is 45.3 Å². The van der Waals surface area contributed by atoms with Crippen molar-refractivity contribution in [2.24, 2.45) is 0 Å². The molecule has 0 aliphatic carbocycles. The molecule has 0 aromatic carbocycles. The number of aryl methyl sites for hydroxylation is 1. The minimum Gasteiger partial charge on any atom is -0.379 e. The van der Waals surface area contributed by atoms with Gasteiger partial charge in [0.2, 0.25) is 5.91 Å². The van der Waals surface area contributed by atoms with Crippen LogP contribution in [0.1, 0.15) is 41.9 Å². The van der Waals surface area contributed by atoms with E-state index in [1.165, 1.54) is 0 Å². The van der Waals surface area contributed by atoms with Crippen molar-refractivity contribution in [2.45, 2.75) is 32.6 Å². The van der Waals surface area contributed by atoms with Crippen molar-refractivity contribution >= 4 is 17.5 Å². The molecule has 29 heavy (non-hydrogen) atoms. The Kier molecular flexibility index (Phi) is 8.01. The highest BCUT2D eigenvalue weighted by Gasteiger charge is 2.15. The summed E-state index contributed by atoms with van der Waals surface area (Å²) in [6.45, 7) is 7.45. The molecule has 0 saturated carbocycles. The van der Waals surface area contributed by atoms with Gasteiger partial charge in [-0.05, 0) is 31.9 Å². The third kappa shape index (κ3) is 6.27. The first-order valence-electron chi connectivity index (χ1n) is 10.4. The first kappa shape index (κ1) is 21.3. The van der Waals surface area contributed by atoms with Crippen LogP contribution in [0, 0.1) is 6.92 Å². The molecule has 0 atom stereocenters. The quantitative estimate of drug-likeness (QED) is 0.588. The van der Waals surface area contributed by atoms with Gasteiger partial charge in [0.25, 0.3) is 5.91 Å². The molecular weight excluding hydrogens is 370 g/mol. The van der Waals surface area contributed by atoms with Gasteiger partial charge in [0.05, 0.1) is 18.9 Å². The minimum absolute atomic E-state index is 0.101. The second kappa shape index (κ2) is 10.9. The number of unbranched alkanes of at least 4 members (excludes halogenated alkanes) is 2. The summed E-state index contributed by atoms with van der Waals surface area (Å²) in [4.78, 5) is 31.1. The lowest BCUT2D eigenvalue weighted by atomic mass is 10.2. The SMILES string of the molecule is Cc1nc2ccccn2c1C(=O)NCCCCCC(=O)NCCN1CCOCC1. The zero-order chi connectivity index (χ0) is 20.5. The van der Waals surface area contributed by atoms with E-state index < -0.39 is 0 Å². The van der Waals surface area contributed by atoms with E-state index in [1.807, 2.05) is 35.7 Å². The number of imidazole rings is 1. The van der Waals surface area contributed by atoms with Crippen molar-refractivity contribution in [2.75, 3.05) is 45.9 Å². The molecule has 0 spiro atoms. The van der Waals surface area contributed by atoms with Crippen molar-refractivity contribution in [3.63, 3.8) is 0 Å². The highest BCUT2D eigenvalue weighted by atomic mass is 16.5. The first-order chi connectivity index (χ1) is 14.1. The molecule has 1 fully saturated rings. The summed E-state index contributed by atoms with van der Waals surface area (Å²) in [7, 11) is 0. The second-order valence-electron chi connectivity index (χ2n) is 7.35. The monoisotopic (exact) mass is 401 g/mol. The van der Waals surface area contributed by atoms with Crippen molar-refractivity contribution in [1.82, 2.24) is 24.9 Å². The van der Waals surface area contributed by atoms with Gasteiger partial charge in [-0.1, -0.05) is 12.5 Å². The molecule has 2 aromatic rings. The van der Waals surface area contributed by atoms with E-state index >= 15 is 0 Å². The van der Waals surface area contributed by atoms with E-state index in [2.05, 4.69) is 20.5 Å². The molecule has 2 aromatic heterocycles. The first-order valence-corrected chi connectivity index (χ1v) is 10.4. The predicted octanol–water partition coefficient (Wildman–Crippen LogP) is 1.38. The summed E-state index contributed by atoms with van der Waals surface area (Å²) in [5, 5.41) is 5.94. The van der Waals surface area contributed by atoms with Crippen molar-refractivity contribution in [3.05, 3.63) is 35.8 Å². The van der Waals surface area contributed by atoms with Gasteiger partial charge in [-0.15, -0.1) is 0 Å². The number of carbonyl (C=O) groups is 2. The lowest BCUT2D eigenvalue weighted by Gasteiger charge is -2.26. The number of morpholine rings is 1. The van der Waals surface area contributed by atoms with Crippen LogP contribution in [0.3, 0.4) is 0 Å². The molecule has 8 heteroatoms. The van der Waals surface area contributed by atoms with Crippen LogP contribution >= 0.6 is 0 Å². The molecule has 0 bridgehead atoms. The molecule has 8 nitrogen and oxygen atoms in total. The fourth-order valence-corrected chi connectivity index (χ4v) is 3.53. The maximum absolute atomic E-state index is 12.5. The molecular formula is C21H31N5O3. The number of pyridine rings is 1. The van der Waals surface area contributed by atoms with Crippen LogP contribution in [0.4, 0.5) is 0 Å². The number of hydrogen-bond donors (Lipinski definition) is 2. The summed E-state index contributed by atoms with van der Waals surface area (Å²) in [5.74, 6) is -0.00861. The van der Waals surface area contributed by atoms with Gasteiger partial charge in [0.1, 0.15) is 11.3 Å². The van der Waals surface area contributed by atoms with E-state index in [0.717, 1.165) is 63.5 Å². The summed E-state index contributed by atoms with van der Waals surface area (Å²) in [6, 6.07) is 5.68. The summed E-state index contributed by atoms with van der Waals surface area (Å²) in [5.41, 5.74) is 2.08. The van der Waals surface area contributed by atoms with Gasteiger partial charge in [-0.2, -0.15) is 0 Å². The van der Waals surface area contributed by atoms with Crippen LogP contribution in [0.2, 0.25) is 0 Å². The Bertz CT molecular complexity index is 814. The number of fused-ring (bicyclic) bond motifs is 1. The van der Waals surface area contributed by atoms with Gasteiger partial charge >= 0.3 is 0 Å². The molecule has 0 radical (unpaired) electrons. The maximum Gasteiger partial charge on any atom is 0.270 e. The number of hydrogen-bond acceptors (Lipinski definition) is 5. The zero-order valence-corrected chi connectivity index (χ0v) is 17.2. The van der Waals surface area contributed by atoms with Gasteiger partial charge < -0.3 is 15.4 Å². The molecule has 2 amide bonds. The molecule has 2 N–H and O–H groups in total. The highest BCUT2D eigenvalue weighted by molar-refractivity contribution is 5.94. The van der Waals surface area contributed by atoms with Crippen LogP contribution in [0.5, 0.6) is 0 Å². The second-order valence-corrected chi connectivity index (χ2v) is 7.35. The van der Waals surface area contributed by atoms with Crippen LogP contribution in [-0.2, 0) is 9.53 Å². The average molecular weight is 402 g/mol. The van der Waals surface area contributed by atoms with Crippen molar-refractivity contribution in [1.29, 1.82) is 0 Å². The average Bonchev–Trinajstić information content (AvgIpc) is 3.07. The van der Waals surface area contributed by atoms with Crippen LogP contribution in [0.25, 0.3) is 5.65 Å². The van der Waals surface area contributed by atoms with Gasteiger partial charge in [-0.25, -0.2) is 4.98 Å². The lowest BCUT2D eigenvalue weighted by molar-refractivity contribution is -0.121. The Labute approximate surface area is 171 Å². The van der Waals surface area contributed by atoms with Crippen molar-refractivity contribution in [3.8, 4) is 0 Å². The molecule has 0 unspecified atom stereocenters. The smallest absolute Gasteiger partial charge is 0.270 e. The topological polar surface area (TPSA) is 88.0 Å². The summed E-state index contributed by atoms with van der Waals surface area (Å²) in [6.07, 6.45) is 4.96. The fraction of sp³-hybridized carbons (Fsp3) is 0.571. The molecule has 158 valence electrons. The number of rotatable bonds is 10. The van der Waals surface area contributed by atoms with Gasteiger partial charge in [-0.3, -0.25) is 18.9 Å². The lowest BCUT2D eigenvalue weighted by Crippen LogP contribution is -2.41. The zero-order valence-electron chi connectivity index (χ0n) is 17.2. The van der Waals surface area contributed by atoms with Gasteiger partial charge in [0.15, 0.2) is 0 Å². The fourth-order valence-electron chi connectivity index (χ4n) is 3.53. The van der Waals surface area contributed by atoms with E-state index in [-0.39, 0.29) is 11.8 Å². The Balaban J connectivity index is 1.26. The molecule has 3 heterocycles. The minimum atomic E-state index is -0.109. The van der Waals surface area contributed by atoms with E-state index in [4.69, 9.17) is 4.74 Å². The molecule has 1 saturated heterocycles. The third-order valence-corrected chi connectivity index (χ3v) is 5.14. The Morgan fingerprint density at radius 1 is 1.10 bits per heavy atom. The van der Waals surface area contributed by atoms with Crippen molar-refractivity contribution < 1.29 is 14.3 Å².